The molecule has 0 spiro atoms. The minimum atomic E-state index is -1.13. The van der Waals surface area contributed by atoms with Crippen molar-refractivity contribution in [3.63, 3.8) is 0 Å². The number of ether oxygens (including phenoxy) is 1. The first-order valence-electron chi connectivity index (χ1n) is 6.03. The molecule has 4 N–H and O–H groups in total. The Balaban J connectivity index is 0.00000400. The van der Waals surface area contributed by atoms with Crippen LogP contribution in [0, 0.1) is 12.3 Å². The molecule has 0 aliphatic rings. The lowest BCUT2D eigenvalue weighted by atomic mass is 9.80. The summed E-state index contributed by atoms with van der Waals surface area (Å²) in [5.74, 6) is -1.78. The van der Waals surface area contributed by atoms with Crippen molar-refractivity contribution < 1.29 is 24.5 Å². The van der Waals surface area contributed by atoms with Gasteiger partial charge in [0.15, 0.2) is 0 Å². The van der Waals surface area contributed by atoms with Gasteiger partial charge in [0.2, 0.25) is 0 Å². The van der Waals surface area contributed by atoms with Crippen LogP contribution >= 0.6 is 12.4 Å². The molecule has 0 saturated carbocycles. The average molecular weight is 318 g/mol. The van der Waals surface area contributed by atoms with E-state index in [-0.39, 0.29) is 29.3 Å². The zero-order chi connectivity index (χ0) is 15.7. The van der Waals surface area contributed by atoms with Crippen LogP contribution in [0.15, 0.2) is 12.1 Å². The van der Waals surface area contributed by atoms with Gasteiger partial charge in [-0.25, -0.2) is 4.79 Å². The van der Waals surface area contributed by atoms with Crippen molar-refractivity contribution in [3.05, 3.63) is 28.8 Å². The second kappa shape index (κ2) is 6.78. The maximum atomic E-state index is 11.8. The lowest BCUT2D eigenvalue weighted by Gasteiger charge is -2.29. The summed E-state index contributed by atoms with van der Waals surface area (Å²) in [5, 5.41) is 19.1. The lowest BCUT2D eigenvalue weighted by molar-refractivity contribution is -0.152. The fourth-order valence-electron chi connectivity index (χ4n) is 1.95. The highest BCUT2D eigenvalue weighted by molar-refractivity contribution is 5.88. The zero-order valence-corrected chi connectivity index (χ0v) is 13.2. The number of carbonyl (C=O) groups excluding carboxylic acids is 1. The van der Waals surface area contributed by atoms with Crippen LogP contribution in [-0.2, 0) is 9.53 Å². The van der Waals surface area contributed by atoms with Crippen molar-refractivity contribution in [2.24, 2.45) is 11.1 Å². The standard InChI is InChI=1S/C14H19NO5.ClH/c1-7-5-8(12(17)18)6-9(10(7)16)11(15)14(2,3)13(19)20-4;/h5-6,11,16H,15H2,1-4H3,(H,17,18);1H/t11-;/m1./s1. The number of nitrogens with two attached hydrogens (primary N) is 1. The fourth-order valence-corrected chi connectivity index (χ4v) is 1.95. The first-order chi connectivity index (χ1) is 9.12. The number of methoxy groups -OCH3 is 1. The Labute approximate surface area is 129 Å². The van der Waals surface area contributed by atoms with E-state index in [2.05, 4.69) is 4.74 Å². The van der Waals surface area contributed by atoms with Crippen molar-refractivity contribution in [3.8, 4) is 5.75 Å². The maximum absolute atomic E-state index is 11.8. The number of benzene rings is 1. The monoisotopic (exact) mass is 317 g/mol. The molecule has 0 amide bonds. The Morgan fingerprint density at radius 1 is 1.33 bits per heavy atom. The first kappa shape index (κ1) is 19.2. The molecule has 0 radical (unpaired) electrons. The Morgan fingerprint density at radius 2 is 1.86 bits per heavy atom. The molecule has 21 heavy (non-hydrogen) atoms. The van der Waals surface area contributed by atoms with Gasteiger partial charge < -0.3 is 20.7 Å². The summed E-state index contributed by atoms with van der Waals surface area (Å²) in [5.41, 5.74) is 5.53. The molecule has 6 nitrogen and oxygen atoms in total. The van der Waals surface area contributed by atoms with Gasteiger partial charge in [0.25, 0.3) is 0 Å². The van der Waals surface area contributed by atoms with Crippen LogP contribution < -0.4 is 5.73 Å². The van der Waals surface area contributed by atoms with E-state index in [9.17, 15) is 14.7 Å². The molecule has 1 rings (SSSR count). The van der Waals surface area contributed by atoms with Gasteiger partial charge in [0, 0.05) is 11.6 Å². The van der Waals surface area contributed by atoms with Gasteiger partial charge in [-0.3, -0.25) is 4.79 Å². The van der Waals surface area contributed by atoms with E-state index in [4.69, 9.17) is 10.8 Å². The number of phenolic OH excluding ortho intramolecular Hbond substituents is 1. The molecule has 0 aromatic heterocycles. The van der Waals surface area contributed by atoms with Gasteiger partial charge in [-0.1, -0.05) is 0 Å². The third kappa shape index (κ3) is 3.65. The molecule has 1 aromatic carbocycles. The third-order valence-corrected chi connectivity index (χ3v) is 3.40. The van der Waals surface area contributed by atoms with Gasteiger partial charge in [-0.15, -0.1) is 12.4 Å². The maximum Gasteiger partial charge on any atom is 0.335 e. The van der Waals surface area contributed by atoms with Crippen molar-refractivity contribution in [1.82, 2.24) is 0 Å². The SMILES string of the molecule is COC(=O)C(C)(C)[C@H](N)c1cc(C(=O)O)cc(C)c1O.Cl. The van der Waals surface area contributed by atoms with E-state index in [0.717, 1.165) is 0 Å². The van der Waals surface area contributed by atoms with E-state index in [1.165, 1.54) is 19.2 Å². The summed E-state index contributed by atoms with van der Waals surface area (Å²) in [6.07, 6.45) is 0. The van der Waals surface area contributed by atoms with Crippen molar-refractivity contribution >= 4 is 24.3 Å². The molecule has 0 aliphatic heterocycles. The molecule has 0 aliphatic carbocycles. The molecular formula is C14H20ClNO5. The number of aromatic hydroxyl groups is 1. The number of halogens is 1. The summed E-state index contributed by atoms with van der Waals surface area (Å²) < 4.78 is 4.69. The van der Waals surface area contributed by atoms with Crippen molar-refractivity contribution in [1.29, 1.82) is 0 Å². The minimum absolute atomic E-state index is 0. The number of phenols is 1. The van der Waals surface area contributed by atoms with Crippen LogP contribution in [0.2, 0.25) is 0 Å². The van der Waals surface area contributed by atoms with Crippen LogP contribution in [0.1, 0.15) is 41.4 Å². The Kier molecular flexibility index (Phi) is 6.20. The number of carboxylic acid groups (broad SMARTS) is 1. The second-order valence-electron chi connectivity index (χ2n) is 5.23. The smallest absolute Gasteiger partial charge is 0.335 e. The Hall–Kier alpha value is -1.79. The van der Waals surface area contributed by atoms with E-state index in [1.807, 2.05) is 0 Å². The predicted molar refractivity (Wildman–Crippen MR) is 79.8 cm³/mol. The number of esters is 1. The number of aromatic carboxylic acids is 1. The lowest BCUT2D eigenvalue weighted by Crippen LogP contribution is -2.37. The van der Waals surface area contributed by atoms with Crippen molar-refractivity contribution in [2.75, 3.05) is 7.11 Å². The van der Waals surface area contributed by atoms with Gasteiger partial charge >= 0.3 is 11.9 Å². The summed E-state index contributed by atoms with van der Waals surface area (Å²) in [4.78, 5) is 22.8. The highest BCUT2D eigenvalue weighted by Crippen LogP contribution is 2.38. The fraction of sp³-hybridized carbons (Fsp3) is 0.429. The Morgan fingerprint density at radius 3 is 2.29 bits per heavy atom. The van der Waals surface area contributed by atoms with E-state index in [0.29, 0.717) is 5.56 Å². The molecule has 0 heterocycles. The van der Waals surface area contributed by atoms with E-state index >= 15 is 0 Å². The topological polar surface area (TPSA) is 110 Å². The van der Waals surface area contributed by atoms with Gasteiger partial charge in [-0.2, -0.15) is 0 Å². The van der Waals surface area contributed by atoms with Gasteiger partial charge in [0.05, 0.1) is 18.1 Å². The highest BCUT2D eigenvalue weighted by atomic mass is 35.5. The average Bonchev–Trinajstić information content (AvgIpc) is 2.39. The van der Waals surface area contributed by atoms with Gasteiger partial charge in [0.1, 0.15) is 5.75 Å². The summed E-state index contributed by atoms with van der Waals surface area (Å²) in [6, 6.07) is 1.73. The van der Waals surface area contributed by atoms with Crippen LogP contribution in [0.3, 0.4) is 0 Å². The number of carboxylic acids is 1. The zero-order valence-electron chi connectivity index (χ0n) is 12.3. The van der Waals surface area contributed by atoms with Crippen LogP contribution in [-0.4, -0.2) is 29.3 Å². The normalized spacial score (nSPS) is 12.2. The van der Waals surface area contributed by atoms with Crippen LogP contribution in [0.5, 0.6) is 5.75 Å². The van der Waals surface area contributed by atoms with E-state index < -0.39 is 23.4 Å². The molecule has 0 fully saturated rings. The van der Waals surface area contributed by atoms with E-state index in [1.54, 1.807) is 20.8 Å². The quantitative estimate of drug-likeness (QED) is 0.733. The third-order valence-electron chi connectivity index (χ3n) is 3.40. The largest absolute Gasteiger partial charge is 0.507 e. The number of hydrogen-bond acceptors (Lipinski definition) is 5. The molecule has 7 heteroatoms. The number of hydrogen-bond donors (Lipinski definition) is 3. The summed E-state index contributed by atoms with van der Waals surface area (Å²) >= 11 is 0. The summed E-state index contributed by atoms with van der Waals surface area (Å²) in [7, 11) is 1.25. The molecule has 0 unspecified atom stereocenters. The predicted octanol–water partition coefficient (Wildman–Crippen LogP) is 2.02. The minimum Gasteiger partial charge on any atom is -0.507 e. The molecule has 0 saturated heterocycles. The van der Waals surface area contributed by atoms with Crippen LogP contribution in [0.25, 0.3) is 0 Å². The van der Waals surface area contributed by atoms with Gasteiger partial charge in [-0.05, 0) is 38.5 Å². The number of carbonyl (C=O) groups is 2. The van der Waals surface area contributed by atoms with Crippen molar-refractivity contribution in [2.45, 2.75) is 26.8 Å². The Bertz CT molecular complexity index is 557. The summed E-state index contributed by atoms with van der Waals surface area (Å²) in [6.45, 7) is 4.72. The molecule has 0 bridgehead atoms. The van der Waals surface area contributed by atoms with Crippen LogP contribution in [0.4, 0.5) is 0 Å². The molecule has 1 aromatic rings. The highest BCUT2D eigenvalue weighted by Gasteiger charge is 2.38. The molecule has 1 atom stereocenters. The molecular weight excluding hydrogens is 298 g/mol. The molecule has 118 valence electrons. The number of rotatable bonds is 4. The second-order valence-corrected chi connectivity index (χ2v) is 5.23. The first-order valence-corrected chi connectivity index (χ1v) is 6.03. The number of aryl methyl sites for hydroxylation is 1.